The Morgan fingerprint density at radius 2 is 1.96 bits per heavy atom. The van der Waals surface area contributed by atoms with Crippen molar-refractivity contribution in [3.8, 4) is 0 Å². The van der Waals surface area contributed by atoms with E-state index in [1.807, 2.05) is 30.3 Å². The SMILES string of the molecule is O=CCCCCNC(=O)C(CCS)NC(=O)OCc1ccccc1. The van der Waals surface area contributed by atoms with Gasteiger partial charge in [0.05, 0.1) is 0 Å². The molecule has 0 bridgehead atoms. The summed E-state index contributed by atoms with van der Waals surface area (Å²) in [5.41, 5.74) is 0.873. The molecule has 132 valence electrons. The summed E-state index contributed by atoms with van der Waals surface area (Å²) in [4.78, 5) is 34.2. The lowest BCUT2D eigenvalue weighted by Gasteiger charge is -2.17. The van der Waals surface area contributed by atoms with Gasteiger partial charge in [0.1, 0.15) is 18.9 Å². The average molecular weight is 352 g/mol. The van der Waals surface area contributed by atoms with Crippen molar-refractivity contribution in [3.63, 3.8) is 0 Å². The van der Waals surface area contributed by atoms with E-state index in [0.29, 0.717) is 25.1 Å². The highest BCUT2D eigenvalue weighted by atomic mass is 32.1. The van der Waals surface area contributed by atoms with Crippen molar-refractivity contribution >= 4 is 30.9 Å². The number of unbranched alkanes of at least 4 members (excludes halogenated alkanes) is 2. The van der Waals surface area contributed by atoms with Gasteiger partial charge in [-0.1, -0.05) is 30.3 Å². The molecule has 0 aliphatic rings. The van der Waals surface area contributed by atoms with Crippen LogP contribution < -0.4 is 10.6 Å². The number of nitrogens with one attached hydrogen (secondary N) is 2. The summed E-state index contributed by atoms with van der Waals surface area (Å²) in [5, 5.41) is 5.31. The Morgan fingerprint density at radius 3 is 2.62 bits per heavy atom. The van der Waals surface area contributed by atoms with Crippen molar-refractivity contribution in [2.45, 2.75) is 38.3 Å². The van der Waals surface area contributed by atoms with E-state index in [2.05, 4.69) is 23.3 Å². The minimum absolute atomic E-state index is 0.146. The molecule has 0 aliphatic heterocycles. The van der Waals surface area contributed by atoms with E-state index in [9.17, 15) is 14.4 Å². The second kappa shape index (κ2) is 12.4. The van der Waals surface area contributed by atoms with Crippen molar-refractivity contribution in [2.24, 2.45) is 0 Å². The molecule has 1 aromatic carbocycles. The quantitative estimate of drug-likeness (QED) is 0.323. The Labute approximate surface area is 147 Å². The van der Waals surface area contributed by atoms with Crippen molar-refractivity contribution in [1.29, 1.82) is 0 Å². The van der Waals surface area contributed by atoms with Gasteiger partial charge in [-0.05, 0) is 30.6 Å². The maximum Gasteiger partial charge on any atom is 0.408 e. The lowest BCUT2D eigenvalue weighted by Crippen LogP contribution is -2.47. The molecule has 1 atom stereocenters. The number of alkyl carbamates (subject to hydrolysis) is 1. The second-order valence-electron chi connectivity index (χ2n) is 5.22. The molecule has 0 aliphatic carbocycles. The Bertz CT molecular complexity index is 511. The Morgan fingerprint density at radius 1 is 1.21 bits per heavy atom. The Kier molecular flexibility index (Phi) is 10.4. The molecule has 0 saturated heterocycles. The van der Waals surface area contributed by atoms with Gasteiger partial charge in [0.25, 0.3) is 0 Å². The fourth-order valence-electron chi connectivity index (χ4n) is 1.99. The summed E-state index contributed by atoms with van der Waals surface area (Å²) < 4.78 is 5.12. The van der Waals surface area contributed by atoms with Gasteiger partial charge in [-0.25, -0.2) is 4.79 Å². The fraction of sp³-hybridized carbons (Fsp3) is 0.471. The molecule has 2 amide bonds. The van der Waals surface area contributed by atoms with Crippen LogP contribution in [0.25, 0.3) is 0 Å². The Hall–Kier alpha value is -2.02. The first-order valence-corrected chi connectivity index (χ1v) is 8.60. The number of aldehydes is 1. The van der Waals surface area contributed by atoms with E-state index in [1.165, 1.54) is 0 Å². The molecule has 0 fully saturated rings. The van der Waals surface area contributed by atoms with Gasteiger partial charge in [0, 0.05) is 13.0 Å². The van der Waals surface area contributed by atoms with Gasteiger partial charge >= 0.3 is 6.09 Å². The molecule has 1 aromatic rings. The molecule has 1 rings (SSSR count). The molecule has 0 aromatic heterocycles. The van der Waals surface area contributed by atoms with Gasteiger partial charge in [0.15, 0.2) is 0 Å². The summed E-state index contributed by atoms with van der Waals surface area (Å²) in [5.74, 6) is 0.189. The number of carbonyl (C=O) groups excluding carboxylic acids is 3. The van der Waals surface area contributed by atoms with Crippen LogP contribution in [-0.2, 0) is 20.9 Å². The number of rotatable bonds is 11. The molecular weight excluding hydrogens is 328 g/mol. The van der Waals surface area contributed by atoms with Gasteiger partial charge in [-0.15, -0.1) is 0 Å². The molecule has 24 heavy (non-hydrogen) atoms. The van der Waals surface area contributed by atoms with Gasteiger partial charge < -0.3 is 20.2 Å². The third-order valence-electron chi connectivity index (χ3n) is 3.29. The second-order valence-corrected chi connectivity index (χ2v) is 5.67. The summed E-state index contributed by atoms with van der Waals surface area (Å²) in [7, 11) is 0. The normalized spacial score (nSPS) is 11.4. The number of amides is 2. The zero-order chi connectivity index (χ0) is 17.6. The summed E-state index contributed by atoms with van der Waals surface area (Å²) in [6, 6.07) is 8.62. The molecule has 0 heterocycles. The third-order valence-corrected chi connectivity index (χ3v) is 3.55. The number of benzene rings is 1. The van der Waals surface area contributed by atoms with Crippen LogP contribution in [0.5, 0.6) is 0 Å². The van der Waals surface area contributed by atoms with E-state index in [1.54, 1.807) is 0 Å². The molecular formula is C17H24N2O4S. The summed E-state index contributed by atoms with van der Waals surface area (Å²) >= 11 is 4.11. The molecule has 6 nitrogen and oxygen atoms in total. The topological polar surface area (TPSA) is 84.5 Å². The first kappa shape index (κ1) is 20.0. The number of hydrogen-bond acceptors (Lipinski definition) is 5. The van der Waals surface area contributed by atoms with Crippen molar-refractivity contribution < 1.29 is 19.1 Å². The summed E-state index contributed by atoms with van der Waals surface area (Å²) in [6.45, 7) is 0.615. The molecule has 0 radical (unpaired) electrons. The summed E-state index contributed by atoms with van der Waals surface area (Å²) in [6.07, 6.45) is 2.56. The van der Waals surface area contributed by atoms with Crippen LogP contribution in [0.1, 0.15) is 31.2 Å². The smallest absolute Gasteiger partial charge is 0.408 e. The van der Waals surface area contributed by atoms with Crippen LogP contribution in [0.4, 0.5) is 4.79 Å². The minimum Gasteiger partial charge on any atom is -0.445 e. The number of ether oxygens (including phenoxy) is 1. The molecule has 1 unspecified atom stereocenters. The molecule has 2 N–H and O–H groups in total. The van der Waals surface area contributed by atoms with Gasteiger partial charge in [0.2, 0.25) is 5.91 Å². The van der Waals surface area contributed by atoms with Crippen LogP contribution in [0, 0.1) is 0 Å². The monoisotopic (exact) mass is 352 g/mol. The fourth-order valence-corrected chi connectivity index (χ4v) is 2.25. The third kappa shape index (κ3) is 8.57. The van der Waals surface area contributed by atoms with Crippen LogP contribution >= 0.6 is 12.6 Å². The number of hydrogen-bond donors (Lipinski definition) is 3. The van der Waals surface area contributed by atoms with Gasteiger partial charge in [-0.2, -0.15) is 12.6 Å². The van der Waals surface area contributed by atoms with Crippen molar-refractivity contribution in [1.82, 2.24) is 10.6 Å². The minimum atomic E-state index is -0.683. The Balaban J connectivity index is 2.35. The van der Waals surface area contributed by atoms with Crippen LogP contribution in [0.2, 0.25) is 0 Å². The van der Waals surface area contributed by atoms with E-state index in [-0.39, 0.29) is 12.5 Å². The zero-order valence-corrected chi connectivity index (χ0v) is 14.5. The van der Waals surface area contributed by atoms with E-state index >= 15 is 0 Å². The predicted octanol–water partition coefficient (Wildman–Crippen LogP) is 2.09. The van der Waals surface area contributed by atoms with E-state index in [0.717, 1.165) is 24.7 Å². The maximum atomic E-state index is 12.1. The van der Waals surface area contributed by atoms with Crippen molar-refractivity contribution in [2.75, 3.05) is 12.3 Å². The molecule has 7 heteroatoms. The van der Waals surface area contributed by atoms with Gasteiger partial charge in [-0.3, -0.25) is 4.79 Å². The highest BCUT2D eigenvalue weighted by Gasteiger charge is 2.20. The lowest BCUT2D eigenvalue weighted by molar-refractivity contribution is -0.123. The van der Waals surface area contributed by atoms with E-state index in [4.69, 9.17) is 4.74 Å². The standard InChI is InChI=1S/C17H24N2O4S/c20-11-6-2-5-10-18-16(21)15(9-12-24)19-17(22)23-13-14-7-3-1-4-8-14/h1,3-4,7-8,11,15,24H,2,5-6,9-10,12-13H2,(H,18,21)(H,19,22). The first-order valence-electron chi connectivity index (χ1n) is 7.96. The number of thiol groups is 1. The van der Waals surface area contributed by atoms with Crippen molar-refractivity contribution in [3.05, 3.63) is 35.9 Å². The highest BCUT2D eigenvalue weighted by Crippen LogP contribution is 2.02. The average Bonchev–Trinajstić information content (AvgIpc) is 2.60. The van der Waals surface area contributed by atoms with E-state index < -0.39 is 12.1 Å². The lowest BCUT2D eigenvalue weighted by atomic mass is 10.2. The molecule has 0 spiro atoms. The van der Waals surface area contributed by atoms with Crippen LogP contribution in [0.3, 0.4) is 0 Å². The largest absolute Gasteiger partial charge is 0.445 e. The zero-order valence-electron chi connectivity index (χ0n) is 13.6. The number of carbonyl (C=O) groups is 3. The highest BCUT2D eigenvalue weighted by molar-refractivity contribution is 7.80. The van der Waals surface area contributed by atoms with Crippen LogP contribution in [0.15, 0.2) is 30.3 Å². The molecule has 0 saturated carbocycles. The first-order chi connectivity index (χ1) is 11.7. The maximum absolute atomic E-state index is 12.1. The predicted molar refractivity (Wildman–Crippen MR) is 94.9 cm³/mol. The van der Waals surface area contributed by atoms with Crippen LogP contribution in [-0.4, -0.2) is 36.6 Å².